The van der Waals surface area contributed by atoms with Gasteiger partial charge in [0, 0.05) is 33.9 Å². The number of halogens is 1. The number of benzene rings is 1. The van der Waals surface area contributed by atoms with E-state index in [9.17, 15) is 22.4 Å². The van der Waals surface area contributed by atoms with E-state index in [1.807, 2.05) is 13.8 Å². The summed E-state index contributed by atoms with van der Waals surface area (Å²) in [5, 5.41) is 0.641. The lowest BCUT2D eigenvalue weighted by atomic mass is 9.80. The van der Waals surface area contributed by atoms with Crippen molar-refractivity contribution in [1.29, 1.82) is 0 Å². The van der Waals surface area contributed by atoms with Gasteiger partial charge in [0.15, 0.2) is 15.6 Å². The number of pyridine rings is 1. The van der Waals surface area contributed by atoms with E-state index in [0.29, 0.717) is 22.4 Å². The van der Waals surface area contributed by atoms with Gasteiger partial charge in [-0.25, -0.2) is 12.8 Å². The maximum absolute atomic E-state index is 14.5. The number of hydrogen-bond donors (Lipinski definition) is 1. The fraction of sp³-hybridized carbons (Fsp3) is 0.286. The number of rotatable bonds is 4. The van der Waals surface area contributed by atoms with E-state index < -0.39 is 32.4 Å². The van der Waals surface area contributed by atoms with Crippen molar-refractivity contribution in [2.45, 2.75) is 30.2 Å². The number of ketones is 1. The third kappa shape index (κ3) is 3.75. The average Bonchev–Trinajstić information content (AvgIpc) is 3.16. The van der Waals surface area contributed by atoms with Crippen LogP contribution in [0.5, 0.6) is 0 Å². The largest absolute Gasteiger partial charge is 0.329 e. The highest BCUT2D eigenvalue weighted by Gasteiger charge is 2.33. The molecule has 30 heavy (non-hydrogen) atoms. The number of fused-ring (bicyclic) bond motifs is 1. The number of hydrogen-bond acceptors (Lipinski definition) is 6. The normalized spacial score (nSPS) is 16.6. The summed E-state index contributed by atoms with van der Waals surface area (Å²) < 4.78 is 40.4. The molecule has 0 saturated heterocycles. The van der Waals surface area contributed by atoms with Gasteiger partial charge >= 0.3 is 0 Å². The second kappa shape index (κ2) is 7.24. The lowest BCUT2D eigenvalue weighted by molar-refractivity contribution is -0.125. The number of H-pyrrole nitrogens is 1. The molecule has 3 aromatic rings. The Bertz CT molecular complexity index is 1370. The topological polar surface area (TPSA) is 96.4 Å². The SMILES string of the molecule is CC1(C)CC(c2ccc(S(=O)(=O)Cc3cc4c(=O)[nH]ccc4cc3F)s2)=NCC1=O. The predicted octanol–water partition coefficient (Wildman–Crippen LogP) is 3.49. The number of nitrogens with one attached hydrogen (secondary N) is 1. The first kappa shape index (κ1) is 20.6. The van der Waals surface area contributed by atoms with E-state index in [-0.39, 0.29) is 27.5 Å². The average molecular weight is 447 g/mol. The van der Waals surface area contributed by atoms with Gasteiger partial charge in [-0.1, -0.05) is 13.8 Å². The van der Waals surface area contributed by atoms with Crippen LogP contribution >= 0.6 is 11.3 Å². The van der Waals surface area contributed by atoms with E-state index in [0.717, 1.165) is 11.3 Å². The van der Waals surface area contributed by atoms with Gasteiger partial charge in [-0.2, -0.15) is 0 Å². The Morgan fingerprint density at radius 3 is 2.70 bits per heavy atom. The summed E-state index contributed by atoms with van der Waals surface area (Å²) in [5.74, 6) is -1.18. The molecule has 0 spiro atoms. The highest BCUT2D eigenvalue weighted by Crippen LogP contribution is 2.33. The van der Waals surface area contributed by atoms with Crippen LogP contribution in [0.2, 0.25) is 0 Å². The van der Waals surface area contributed by atoms with Crippen molar-refractivity contribution in [3.8, 4) is 0 Å². The summed E-state index contributed by atoms with van der Waals surface area (Å²) in [4.78, 5) is 31.4. The van der Waals surface area contributed by atoms with Crippen LogP contribution in [0, 0.1) is 11.2 Å². The number of Topliss-reactive ketones (excluding diaryl/α,β-unsaturated/α-hetero) is 1. The molecule has 0 unspecified atom stereocenters. The van der Waals surface area contributed by atoms with Crippen molar-refractivity contribution in [2.75, 3.05) is 6.54 Å². The molecule has 4 rings (SSSR count). The second-order valence-corrected chi connectivity index (χ2v) is 11.3. The maximum atomic E-state index is 14.5. The van der Waals surface area contributed by atoms with Gasteiger partial charge in [0.1, 0.15) is 10.0 Å². The number of nitrogens with zero attached hydrogens (tertiary/aromatic N) is 1. The number of aromatic nitrogens is 1. The molecule has 2 aromatic heterocycles. The first-order valence-corrected chi connectivity index (χ1v) is 11.7. The summed E-state index contributed by atoms with van der Waals surface area (Å²) in [6.07, 6.45) is 1.85. The molecule has 0 bridgehead atoms. The third-order valence-electron chi connectivity index (χ3n) is 5.24. The Balaban J connectivity index is 1.65. The van der Waals surface area contributed by atoms with Crippen molar-refractivity contribution in [3.63, 3.8) is 0 Å². The maximum Gasteiger partial charge on any atom is 0.255 e. The molecular formula is C21H19FN2O4S2. The Morgan fingerprint density at radius 2 is 1.97 bits per heavy atom. The van der Waals surface area contributed by atoms with Crippen LogP contribution in [-0.2, 0) is 20.4 Å². The van der Waals surface area contributed by atoms with Gasteiger partial charge in [-0.05, 0) is 35.7 Å². The van der Waals surface area contributed by atoms with E-state index in [4.69, 9.17) is 0 Å². The molecule has 3 heterocycles. The van der Waals surface area contributed by atoms with E-state index >= 15 is 0 Å². The highest BCUT2D eigenvalue weighted by atomic mass is 32.2. The minimum atomic E-state index is -3.83. The van der Waals surface area contributed by atoms with Crippen molar-refractivity contribution in [1.82, 2.24) is 4.98 Å². The summed E-state index contributed by atoms with van der Waals surface area (Å²) in [6, 6.07) is 7.16. The predicted molar refractivity (Wildman–Crippen MR) is 115 cm³/mol. The van der Waals surface area contributed by atoms with Gasteiger partial charge < -0.3 is 4.98 Å². The van der Waals surface area contributed by atoms with Gasteiger partial charge in [0.05, 0.1) is 18.0 Å². The summed E-state index contributed by atoms with van der Waals surface area (Å²) >= 11 is 1.06. The molecule has 1 aromatic carbocycles. The summed E-state index contributed by atoms with van der Waals surface area (Å²) in [6.45, 7) is 3.78. The molecule has 0 atom stereocenters. The Labute approximate surface area is 176 Å². The number of sulfone groups is 1. The molecule has 1 aliphatic heterocycles. The Morgan fingerprint density at radius 1 is 1.20 bits per heavy atom. The van der Waals surface area contributed by atoms with E-state index in [1.54, 1.807) is 12.1 Å². The summed E-state index contributed by atoms with van der Waals surface area (Å²) in [7, 11) is -3.83. The zero-order valence-electron chi connectivity index (χ0n) is 16.4. The van der Waals surface area contributed by atoms with Gasteiger partial charge in [0.2, 0.25) is 0 Å². The molecule has 1 N–H and O–H groups in total. The zero-order chi connectivity index (χ0) is 21.7. The highest BCUT2D eigenvalue weighted by molar-refractivity contribution is 7.92. The van der Waals surface area contributed by atoms with Crippen LogP contribution in [0.15, 0.2) is 50.5 Å². The Kier molecular flexibility index (Phi) is 4.98. The molecule has 9 heteroatoms. The fourth-order valence-corrected chi connectivity index (χ4v) is 6.15. The molecule has 156 valence electrons. The molecule has 0 saturated carbocycles. The fourth-order valence-electron chi connectivity index (χ4n) is 3.40. The Hall–Kier alpha value is -2.65. The van der Waals surface area contributed by atoms with Crippen LogP contribution in [-0.4, -0.2) is 31.4 Å². The molecule has 0 radical (unpaired) electrons. The molecule has 0 fully saturated rings. The number of thiophene rings is 1. The van der Waals surface area contributed by atoms with E-state index in [2.05, 4.69) is 9.98 Å². The van der Waals surface area contributed by atoms with Crippen molar-refractivity contribution in [3.05, 3.63) is 63.1 Å². The van der Waals surface area contributed by atoms with E-state index in [1.165, 1.54) is 24.4 Å². The van der Waals surface area contributed by atoms with Crippen LogP contribution in [0.25, 0.3) is 10.8 Å². The second-order valence-electron chi connectivity index (χ2n) is 7.96. The van der Waals surface area contributed by atoms with Crippen molar-refractivity contribution in [2.24, 2.45) is 10.4 Å². The van der Waals surface area contributed by atoms with Crippen LogP contribution in [0.3, 0.4) is 0 Å². The standard InChI is InChI=1S/C21H19FN2O4S2/c1-21(2)9-16(24-10-18(21)25)17-3-4-19(29-17)30(27,28)11-13-7-14-12(8-15(13)22)5-6-23-20(14)26/h3-8H,9-11H2,1-2H3,(H,23,26). The van der Waals surface area contributed by atoms with Gasteiger partial charge in [0.25, 0.3) is 5.56 Å². The first-order chi connectivity index (χ1) is 14.1. The number of carbonyl (C=O) groups is 1. The monoisotopic (exact) mass is 446 g/mol. The molecule has 1 aliphatic rings. The quantitative estimate of drug-likeness (QED) is 0.663. The number of aromatic amines is 1. The van der Waals surface area contributed by atoms with Crippen LogP contribution in [0.4, 0.5) is 4.39 Å². The van der Waals surface area contributed by atoms with Gasteiger partial charge in [-0.15, -0.1) is 11.3 Å². The number of aliphatic imine (C=N–C) groups is 1. The lowest BCUT2D eigenvalue weighted by Gasteiger charge is -2.26. The molecule has 6 nitrogen and oxygen atoms in total. The molecular weight excluding hydrogens is 427 g/mol. The smallest absolute Gasteiger partial charge is 0.255 e. The first-order valence-electron chi connectivity index (χ1n) is 9.26. The van der Waals surface area contributed by atoms with Gasteiger partial charge in [-0.3, -0.25) is 14.6 Å². The summed E-state index contributed by atoms with van der Waals surface area (Å²) in [5.41, 5.74) is -0.302. The molecule has 0 aliphatic carbocycles. The van der Waals surface area contributed by atoms with Crippen LogP contribution < -0.4 is 5.56 Å². The van der Waals surface area contributed by atoms with Crippen LogP contribution in [0.1, 0.15) is 30.7 Å². The molecule has 0 amide bonds. The van der Waals surface area contributed by atoms with Crippen molar-refractivity contribution >= 4 is 43.4 Å². The van der Waals surface area contributed by atoms with Crippen molar-refractivity contribution < 1.29 is 17.6 Å². The minimum Gasteiger partial charge on any atom is -0.329 e. The lowest BCUT2D eigenvalue weighted by Crippen LogP contribution is -2.33. The number of carbonyl (C=O) groups excluding carboxylic acids is 1. The third-order valence-corrected chi connectivity index (χ3v) is 8.62. The zero-order valence-corrected chi connectivity index (χ0v) is 18.0. The minimum absolute atomic E-state index is 0.0532.